The van der Waals surface area contributed by atoms with Crippen LogP contribution in [0.2, 0.25) is 0 Å². The molecule has 3 N–H and O–H groups in total. The van der Waals surface area contributed by atoms with Gasteiger partial charge in [0.1, 0.15) is 17.3 Å². The maximum atomic E-state index is 14.7. The van der Waals surface area contributed by atoms with Gasteiger partial charge in [-0.15, -0.1) is 0 Å². The van der Waals surface area contributed by atoms with E-state index < -0.39 is 41.1 Å². The highest BCUT2D eigenvalue weighted by Gasteiger charge is 2.39. The number of alkyl halides is 3. The number of hydrazone groups is 1. The zero-order chi connectivity index (χ0) is 31.2. The molecule has 1 aliphatic rings. The van der Waals surface area contributed by atoms with Crippen LogP contribution in [0.4, 0.5) is 34.6 Å². The number of aliphatic carboxylic acids is 1. The largest absolute Gasteiger partial charge is 0.505 e. The number of benzene rings is 4. The summed E-state index contributed by atoms with van der Waals surface area (Å²) in [5.74, 6) is -3.66. The number of carboxylic acid groups (broad SMARTS) is 1. The molecule has 0 saturated carbocycles. The van der Waals surface area contributed by atoms with E-state index in [0.29, 0.717) is 16.8 Å². The molecule has 43 heavy (non-hydrogen) atoms. The number of aromatic hydroxyl groups is 1. The van der Waals surface area contributed by atoms with Crippen LogP contribution in [-0.2, 0) is 15.8 Å². The van der Waals surface area contributed by atoms with Crippen molar-refractivity contribution in [2.24, 2.45) is 5.10 Å². The molecule has 4 aromatic rings. The Bertz CT molecular complexity index is 1800. The summed E-state index contributed by atoms with van der Waals surface area (Å²) >= 11 is 0. The van der Waals surface area contributed by atoms with Crippen molar-refractivity contribution in [3.8, 4) is 16.9 Å². The molecule has 0 spiro atoms. The topological polar surface area (TPSA) is 102 Å². The summed E-state index contributed by atoms with van der Waals surface area (Å²) in [6.07, 6.45) is -4.65. The van der Waals surface area contributed by atoms with Crippen LogP contribution in [0, 0.1) is 19.7 Å². The Morgan fingerprint density at radius 3 is 2.26 bits per heavy atom. The van der Waals surface area contributed by atoms with Gasteiger partial charge in [-0.3, -0.25) is 19.9 Å². The Labute approximate surface area is 243 Å². The van der Waals surface area contributed by atoms with Crippen molar-refractivity contribution in [2.45, 2.75) is 32.9 Å². The lowest BCUT2D eigenvalue weighted by Gasteiger charge is -2.19. The van der Waals surface area contributed by atoms with Crippen LogP contribution in [0.1, 0.15) is 40.7 Å². The van der Waals surface area contributed by atoms with Crippen molar-refractivity contribution in [3.63, 3.8) is 0 Å². The smallest absolute Gasteiger partial charge is 0.416 e. The van der Waals surface area contributed by atoms with Crippen molar-refractivity contribution < 1.29 is 37.4 Å². The fourth-order valence-electron chi connectivity index (χ4n) is 4.77. The quantitative estimate of drug-likeness (QED) is 0.122. The van der Waals surface area contributed by atoms with E-state index in [-0.39, 0.29) is 28.2 Å². The minimum atomic E-state index is -4.65. The predicted octanol–water partition coefficient (Wildman–Crippen LogP) is 7.52. The number of nitrogens with zero attached hydrogens (tertiary/aromatic N) is 2. The van der Waals surface area contributed by atoms with Crippen LogP contribution < -0.4 is 10.3 Å². The Morgan fingerprint density at radius 2 is 1.63 bits per heavy atom. The third-order valence-electron chi connectivity index (χ3n) is 7.43. The average Bonchev–Trinajstić information content (AvgIpc) is 3.24. The number of fused-ring (bicyclic) bond motifs is 1. The molecule has 7 nitrogen and oxygen atoms in total. The monoisotopic (exact) mass is 591 g/mol. The fraction of sp³-hybridized carbons (Fsp3) is 0.156. The van der Waals surface area contributed by atoms with E-state index >= 15 is 0 Å². The van der Waals surface area contributed by atoms with Gasteiger partial charge >= 0.3 is 12.1 Å². The first kappa shape index (κ1) is 29.3. The number of anilines is 3. The van der Waals surface area contributed by atoms with Gasteiger partial charge in [0.25, 0.3) is 5.91 Å². The number of hydrogen-bond donors (Lipinski definition) is 3. The number of hydrogen-bond acceptors (Lipinski definition) is 5. The fourth-order valence-corrected chi connectivity index (χ4v) is 4.77. The first-order valence-electron chi connectivity index (χ1n) is 13.1. The molecule has 1 aliphatic heterocycles. The van der Waals surface area contributed by atoms with E-state index in [1.54, 1.807) is 30.3 Å². The van der Waals surface area contributed by atoms with Gasteiger partial charge in [0, 0.05) is 22.9 Å². The lowest BCUT2D eigenvalue weighted by molar-refractivity contribution is -0.138. The number of carboxylic acids is 1. The molecule has 1 atom stereocenters. The molecule has 0 aromatic heterocycles. The summed E-state index contributed by atoms with van der Waals surface area (Å²) in [6, 6.07) is 16.1. The third kappa shape index (κ3) is 5.53. The number of phenolic OH excluding ortho intramolecular Hbond substituents is 1. The van der Waals surface area contributed by atoms with Crippen LogP contribution in [0.25, 0.3) is 11.1 Å². The van der Waals surface area contributed by atoms with Crippen LogP contribution >= 0.6 is 0 Å². The van der Waals surface area contributed by atoms with E-state index in [2.05, 4.69) is 10.5 Å². The Kier molecular flexibility index (Phi) is 7.43. The van der Waals surface area contributed by atoms with Gasteiger partial charge in [-0.2, -0.15) is 18.3 Å². The maximum absolute atomic E-state index is 14.7. The molecular weight excluding hydrogens is 566 g/mol. The van der Waals surface area contributed by atoms with Crippen LogP contribution in [0.15, 0.2) is 77.9 Å². The number of halogens is 4. The van der Waals surface area contributed by atoms with Crippen molar-refractivity contribution in [1.82, 2.24) is 0 Å². The molecule has 0 radical (unpaired) electrons. The second-order valence-corrected chi connectivity index (χ2v) is 10.2. The summed E-state index contributed by atoms with van der Waals surface area (Å²) < 4.78 is 55.4. The number of rotatable bonds is 6. The van der Waals surface area contributed by atoms with Crippen molar-refractivity contribution in [3.05, 3.63) is 106 Å². The van der Waals surface area contributed by atoms with E-state index in [4.69, 9.17) is 0 Å². The van der Waals surface area contributed by atoms with Gasteiger partial charge in [0.2, 0.25) is 0 Å². The number of nitrogens with one attached hydrogen (secondary N) is 1. The van der Waals surface area contributed by atoms with Gasteiger partial charge in [-0.1, -0.05) is 30.3 Å². The number of carbonyl (C=O) groups excluding carboxylic acids is 1. The van der Waals surface area contributed by atoms with Gasteiger partial charge in [0.05, 0.1) is 17.2 Å². The zero-order valence-electron chi connectivity index (χ0n) is 23.1. The number of phenols is 1. The summed E-state index contributed by atoms with van der Waals surface area (Å²) in [7, 11) is 0. The first-order valence-corrected chi connectivity index (χ1v) is 13.1. The van der Waals surface area contributed by atoms with Crippen molar-refractivity contribution >= 4 is 34.7 Å². The normalized spacial score (nSPS) is 14.6. The van der Waals surface area contributed by atoms with Gasteiger partial charge < -0.3 is 10.2 Å². The molecule has 1 amide bonds. The third-order valence-corrected chi connectivity index (χ3v) is 7.43. The summed E-state index contributed by atoms with van der Waals surface area (Å²) in [5.41, 5.74) is 4.28. The minimum absolute atomic E-state index is 0.0246. The second-order valence-electron chi connectivity index (χ2n) is 10.2. The Hall–Kier alpha value is -5.19. The van der Waals surface area contributed by atoms with Gasteiger partial charge in [0.15, 0.2) is 5.71 Å². The van der Waals surface area contributed by atoms with Crippen molar-refractivity contribution in [2.75, 3.05) is 10.3 Å². The van der Waals surface area contributed by atoms with E-state index in [1.165, 1.54) is 19.1 Å². The molecule has 0 fully saturated rings. The Morgan fingerprint density at radius 1 is 0.930 bits per heavy atom. The molecule has 0 saturated heterocycles. The predicted molar refractivity (Wildman–Crippen MR) is 154 cm³/mol. The van der Waals surface area contributed by atoms with Crippen LogP contribution in [0.3, 0.4) is 0 Å². The van der Waals surface area contributed by atoms with Crippen molar-refractivity contribution in [1.29, 1.82) is 0 Å². The molecule has 0 bridgehead atoms. The number of carbonyl (C=O) groups is 2. The maximum Gasteiger partial charge on any atom is 0.416 e. The highest BCUT2D eigenvalue weighted by atomic mass is 19.4. The molecule has 220 valence electrons. The summed E-state index contributed by atoms with van der Waals surface area (Å²) in [4.78, 5) is 26.0. The molecule has 5 rings (SSSR count). The number of amides is 1. The summed E-state index contributed by atoms with van der Waals surface area (Å²) in [5, 5.41) is 24.3. The molecular formula is C32H25F4N3O4. The van der Waals surface area contributed by atoms with E-state index in [9.17, 15) is 37.4 Å². The molecule has 4 aromatic carbocycles. The highest BCUT2D eigenvalue weighted by molar-refractivity contribution is 6.55. The van der Waals surface area contributed by atoms with Crippen LogP contribution in [0.5, 0.6) is 5.75 Å². The zero-order valence-corrected chi connectivity index (χ0v) is 23.1. The van der Waals surface area contributed by atoms with E-state index in [1.807, 2.05) is 13.8 Å². The van der Waals surface area contributed by atoms with Gasteiger partial charge in [-0.05, 0) is 79.4 Å². The Balaban J connectivity index is 1.54. The minimum Gasteiger partial charge on any atom is -0.505 e. The standard InChI is InChI=1S/C32H25F4N3O4/c1-16-4-10-23(12-17(16)2)39-27-13-21(32(34,35)36)9-11-24(27)28(30(39)41)38-37-26-15-22(33)14-25(29(26)40)20-7-5-19(6-8-20)18(3)31(42)43/h4-15,18,37,40H,1-3H3,(H,42,43). The van der Waals surface area contributed by atoms with E-state index in [0.717, 1.165) is 46.4 Å². The lowest BCUT2D eigenvalue weighted by Crippen LogP contribution is -2.26. The summed E-state index contributed by atoms with van der Waals surface area (Å²) in [6.45, 7) is 5.20. The SMILES string of the molecule is Cc1ccc(N2C(=O)C(=NNc3cc(F)cc(-c4ccc(C(C)C(=O)O)cc4)c3O)c3ccc(C(F)(F)F)cc32)cc1C. The second kappa shape index (κ2) is 10.9. The average molecular weight is 592 g/mol. The lowest BCUT2D eigenvalue weighted by atomic mass is 9.97. The molecule has 0 aliphatic carbocycles. The van der Waals surface area contributed by atoms with Crippen LogP contribution in [-0.4, -0.2) is 27.8 Å². The number of aryl methyl sites for hydroxylation is 2. The first-order chi connectivity index (χ1) is 20.3. The molecule has 1 heterocycles. The molecule has 11 heteroatoms. The highest BCUT2D eigenvalue weighted by Crippen LogP contribution is 2.41. The molecule has 1 unspecified atom stereocenters. The van der Waals surface area contributed by atoms with Gasteiger partial charge in [-0.25, -0.2) is 4.39 Å².